The molecule has 16 heavy (non-hydrogen) atoms. The van der Waals surface area contributed by atoms with E-state index in [0.717, 1.165) is 28.4 Å². The highest BCUT2D eigenvalue weighted by atomic mass is 15.0. The summed E-state index contributed by atoms with van der Waals surface area (Å²) < 4.78 is 1.99. The molecule has 0 aliphatic heterocycles. The van der Waals surface area contributed by atoms with Gasteiger partial charge in [-0.25, -0.2) is 9.97 Å². The summed E-state index contributed by atoms with van der Waals surface area (Å²) in [6, 6.07) is 6.02. The first-order chi connectivity index (χ1) is 7.75. The molecule has 1 N–H and O–H groups in total. The predicted octanol–water partition coefficient (Wildman–Crippen LogP) is 2.34. The number of rotatable bonds is 1. The van der Waals surface area contributed by atoms with Gasteiger partial charge < -0.3 is 9.38 Å². The van der Waals surface area contributed by atoms with Crippen molar-refractivity contribution in [2.75, 3.05) is 0 Å². The lowest BCUT2D eigenvalue weighted by molar-refractivity contribution is 1.15. The molecule has 0 aliphatic rings. The van der Waals surface area contributed by atoms with Gasteiger partial charge in [0.05, 0.1) is 11.2 Å². The van der Waals surface area contributed by atoms with E-state index >= 15 is 0 Å². The van der Waals surface area contributed by atoms with Gasteiger partial charge in [-0.3, -0.25) is 0 Å². The molecule has 3 heterocycles. The van der Waals surface area contributed by atoms with Crippen LogP contribution in [0.25, 0.3) is 17.0 Å². The van der Waals surface area contributed by atoms with Crippen LogP contribution in [0.3, 0.4) is 0 Å². The third-order valence-electron chi connectivity index (χ3n) is 2.80. The van der Waals surface area contributed by atoms with Crippen LogP contribution >= 0.6 is 0 Å². The third kappa shape index (κ3) is 1.23. The molecule has 4 heteroatoms. The van der Waals surface area contributed by atoms with E-state index in [4.69, 9.17) is 0 Å². The van der Waals surface area contributed by atoms with E-state index in [2.05, 4.69) is 15.0 Å². The molecular formula is C12H12N4. The first-order valence-corrected chi connectivity index (χ1v) is 5.21. The van der Waals surface area contributed by atoms with Gasteiger partial charge in [0.15, 0.2) is 5.82 Å². The monoisotopic (exact) mass is 212 g/mol. The van der Waals surface area contributed by atoms with Crippen molar-refractivity contribution in [2.24, 2.45) is 0 Å². The predicted molar refractivity (Wildman–Crippen MR) is 62.2 cm³/mol. The number of aromatic amines is 1. The Morgan fingerprint density at radius 2 is 2.12 bits per heavy atom. The van der Waals surface area contributed by atoms with Crippen LogP contribution in [0.5, 0.6) is 0 Å². The molecule has 4 nitrogen and oxygen atoms in total. The summed E-state index contributed by atoms with van der Waals surface area (Å²) in [5, 5.41) is 0. The lowest BCUT2D eigenvalue weighted by Gasteiger charge is -1.93. The van der Waals surface area contributed by atoms with Gasteiger partial charge in [0, 0.05) is 11.9 Å². The van der Waals surface area contributed by atoms with Crippen LogP contribution in [-0.4, -0.2) is 19.4 Å². The SMILES string of the molecule is Cc1nc(-c2ncn3ccccc23)[nH]c1C. The fourth-order valence-corrected chi connectivity index (χ4v) is 1.79. The van der Waals surface area contributed by atoms with E-state index in [1.54, 1.807) is 6.33 Å². The zero-order valence-electron chi connectivity index (χ0n) is 9.23. The summed E-state index contributed by atoms with van der Waals surface area (Å²) in [4.78, 5) is 12.1. The van der Waals surface area contributed by atoms with Crippen LogP contribution in [0.15, 0.2) is 30.7 Å². The first-order valence-electron chi connectivity index (χ1n) is 5.21. The highest BCUT2D eigenvalue weighted by molar-refractivity contribution is 5.72. The number of hydrogen-bond acceptors (Lipinski definition) is 2. The minimum atomic E-state index is 0.837. The number of H-pyrrole nitrogens is 1. The Bertz CT molecular complexity index is 628. The Morgan fingerprint density at radius 1 is 1.25 bits per heavy atom. The molecule has 0 fully saturated rings. The molecule has 0 bridgehead atoms. The second-order valence-electron chi connectivity index (χ2n) is 3.88. The Kier molecular flexibility index (Phi) is 1.83. The molecule has 80 valence electrons. The van der Waals surface area contributed by atoms with Gasteiger partial charge in [0.1, 0.15) is 12.0 Å². The maximum atomic E-state index is 4.47. The van der Waals surface area contributed by atoms with E-state index in [1.165, 1.54) is 0 Å². The van der Waals surface area contributed by atoms with Crippen molar-refractivity contribution in [3.63, 3.8) is 0 Å². The number of fused-ring (bicyclic) bond motifs is 1. The van der Waals surface area contributed by atoms with Gasteiger partial charge in [0.25, 0.3) is 0 Å². The highest BCUT2D eigenvalue weighted by Gasteiger charge is 2.10. The Balaban J connectivity index is 2.26. The number of nitrogens with one attached hydrogen (secondary N) is 1. The zero-order valence-corrected chi connectivity index (χ0v) is 9.23. The van der Waals surface area contributed by atoms with Gasteiger partial charge in [0.2, 0.25) is 0 Å². The van der Waals surface area contributed by atoms with E-state index in [0.29, 0.717) is 0 Å². The number of nitrogens with zero attached hydrogens (tertiary/aromatic N) is 3. The molecule has 0 unspecified atom stereocenters. The van der Waals surface area contributed by atoms with E-state index < -0.39 is 0 Å². The Hall–Kier alpha value is -2.10. The average molecular weight is 212 g/mol. The zero-order chi connectivity index (χ0) is 11.1. The van der Waals surface area contributed by atoms with Crippen molar-refractivity contribution in [3.05, 3.63) is 42.1 Å². The number of aryl methyl sites for hydroxylation is 2. The molecule has 3 aromatic rings. The van der Waals surface area contributed by atoms with Crippen molar-refractivity contribution in [2.45, 2.75) is 13.8 Å². The van der Waals surface area contributed by atoms with Crippen molar-refractivity contribution in [3.8, 4) is 11.5 Å². The molecule has 0 atom stereocenters. The van der Waals surface area contributed by atoms with Gasteiger partial charge in [-0.05, 0) is 26.0 Å². The number of aromatic nitrogens is 4. The number of pyridine rings is 1. The highest BCUT2D eigenvalue weighted by Crippen LogP contribution is 2.21. The molecular weight excluding hydrogens is 200 g/mol. The van der Waals surface area contributed by atoms with Gasteiger partial charge >= 0.3 is 0 Å². The molecule has 0 radical (unpaired) electrons. The Labute approximate surface area is 93.0 Å². The fraction of sp³-hybridized carbons (Fsp3) is 0.167. The number of hydrogen-bond donors (Lipinski definition) is 1. The average Bonchev–Trinajstić information content (AvgIpc) is 2.83. The van der Waals surface area contributed by atoms with Crippen LogP contribution < -0.4 is 0 Å². The quantitative estimate of drug-likeness (QED) is 0.673. The van der Waals surface area contributed by atoms with E-state index in [-0.39, 0.29) is 0 Å². The lowest BCUT2D eigenvalue weighted by atomic mass is 10.3. The van der Waals surface area contributed by atoms with Crippen LogP contribution in [-0.2, 0) is 0 Å². The summed E-state index contributed by atoms with van der Waals surface area (Å²) in [5.41, 5.74) is 4.08. The van der Waals surface area contributed by atoms with Gasteiger partial charge in [-0.15, -0.1) is 0 Å². The third-order valence-corrected chi connectivity index (χ3v) is 2.80. The van der Waals surface area contributed by atoms with Crippen LogP contribution in [0.4, 0.5) is 0 Å². The summed E-state index contributed by atoms with van der Waals surface area (Å²) >= 11 is 0. The molecule has 0 spiro atoms. The molecule has 3 aromatic heterocycles. The fourth-order valence-electron chi connectivity index (χ4n) is 1.79. The molecule has 0 saturated carbocycles. The van der Waals surface area contributed by atoms with Crippen LogP contribution in [0.1, 0.15) is 11.4 Å². The van der Waals surface area contributed by atoms with Gasteiger partial charge in [-0.2, -0.15) is 0 Å². The largest absolute Gasteiger partial charge is 0.340 e. The topological polar surface area (TPSA) is 46.0 Å². The summed E-state index contributed by atoms with van der Waals surface area (Å²) in [6.07, 6.45) is 3.78. The van der Waals surface area contributed by atoms with Crippen LogP contribution in [0.2, 0.25) is 0 Å². The minimum absolute atomic E-state index is 0.837. The van der Waals surface area contributed by atoms with E-state index in [9.17, 15) is 0 Å². The Morgan fingerprint density at radius 3 is 2.88 bits per heavy atom. The summed E-state index contributed by atoms with van der Waals surface area (Å²) in [7, 11) is 0. The van der Waals surface area contributed by atoms with Crippen molar-refractivity contribution in [1.82, 2.24) is 19.4 Å². The lowest BCUT2D eigenvalue weighted by Crippen LogP contribution is -1.83. The smallest absolute Gasteiger partial charge is 0.158 e. The maximum absolute atomic E-state index is 4.47. The minimum Gasteiger partial charge on any atom is -0.340 e. The summed E-state index contributed by atoms with van der Waals surface area (Å²) in [5.74, 6) is 0.837. The molecule has 0 aromatic carbocycles. The summed E-state index contributed by atoms with van der Waals surface area (Å²) in [6.45, 7) is 4.01. The van der Waals surface area contributed by atoms with Crippen molar-refractivity contribution in [1.29, 1.82) is 0 Å². The second kappa shape index (κ2) is 3.20. The maximum Gasteiger partial charge on any atom is 0.158 e. The number of imidazole rings is 2. The second-order valence-corrected chi connectivity index (χ2v) is 3.88. The van der Waals surface area contributed by atoms with Gasteiger partial charge in [-0.1, -0.05) is 6.07 Å². The molecule has 0 aliphatic carbocycles. The van der Waals surface area contributed by atoms with Crippen LogP contribution in [0, 0.1) is 13.8 Å². The standard InChI is InChI=1S/C12H12N4/c1-8-9(2)15-12(14-8)11-10-5-3-4-6-16(10)7-13-11/h3-7H,1-2H3,(H,14,15). The molecule has 0 saturated heterocycles. The molecule has 3 rings (SSSR count). The van der Waals surface area contributed by atoms with Crippen molar-refractivity contribution >= 4 is 5.52 Å². The van der Waals surface area contributed by atoms with E-state index in [1.807, 2.05) is 42.6 Å². The first kappa shape index (κ1) is 9.15. The molecule has 0 amide bonds. The van der Waals surface area contributed by atoms with Crippen molar-refractivity contribution < 1.29 is 0 Å². The normalized spacial score (nSPS) is 11.1.